The number of carbonyl (C=O) groups excluding carboxylic acids is 1. The average molecular weight is 213 g/mol. The second-order valence-electron chi connectivity index (χ2n) is 3.21. The largest absolute Gasteiger partial charge is 0.396 e. The predicted octanol–water partition coefficient (Wildman–Crippen LogP) is 1.94. The first-order chi connectivity index (χ1) is 6.57. The van der Waals surface area contributed by atoms with Crippen LogP contribution in [0.4, 0.5) is 5.69 Å². The molecular weight excluding hydrogens is 198 g/mol. The van der Waals surface area contributed by atoms with Crippen LogP contribution in [0.5, 0.6) is 0 Å². The zero-order chi connectivity index (χ0) is 10.7. The summed E-state index contributed by atoms with van der Waals surface area (Å²) < 4.78 is 1.67. The molecule has 1 aromatic rings. The van der Waals surface area contributed by atoms with Crippen molar-refractivity contribution in [2.45, 2.75) is 26.8 Å². The van der Waals surface area contributed by atoms with Gasteiger partial charge in [-0.3, -0.25) is 9.48 Å². The van der Waals surface area contributed by atoms with Crippen LogP contribution in [-0.4, -0.2) is 20.6 Å². The van der Waals surface area contributed by atoms with Crippen molar-refractivity contribution in [2.75, 3.05) is 11.5 Å². The van der Waals surface area contributed by atoms with Crippen LogP contribution >= 0.6 is 11.8 Å². The van der Waals surface area contributed by atoms with Crippen LogP contribution in [-0.2, 0) is 0 Å². The summed E-state index contributed by atoms with van der Waals surface area (Å²) in [7, 11) is 0. The van der Waals surface area contributed by atoms with E-state index in [4.69, 9.17) is 5.73 Å². The van der Waals surface area contributed by atoms with Gasteiger partial charge in [-0.05, 0) is 19.6 Å². The Balaban J connectivity index is 3.04. The maximum absolute atomic E-state index is 11.7. The molecule has 0 fully saturated rings. The van der Waals surface area contributed by atoms with E-state index in [2.05, 4.69) is 5.10 Å². The van der Waals surface area contributed by atoms with Crippen molar-refractivity contribution < 1.29 is 4.79 Å². The van der Waals surface area contributed by atoms with E-state index in [0.29, 0.717) is 11.4 Å². The predicted molar refractivity (Wildman–Crippen MR) is 59.5 cm³/mol. The highest BCUT2D eigenvalue weighted by atomic mass is 32.2. The molecule has 5 heteroatoms. The van der Waals surface area contributed by atoms with Crippen molar-refractivity contribution in [1.82, 2.24) is 9.78 Å². The molecule has 0 aromatic carbocycles. The van der Waals surface area contributed by atoms with E-state index in [1.54, 1.807) is 4.68 Å². The van der Waals surface area contributed by atoms with Crippen molar-refractivity contribution in [3.05, 3.63) is 11.9 Å². The Morgan fingerprint density at radius 2 is 2.36 bits per heavy atom. The molecule has 0 atom stereocenters. The number of nitrogens with two attached hydrogens (primary N) is 1. The standard InChI is InChI=1S/C9H15N3OS/c1-4-14-9(13)8-7(10)5-11-12(8)6(2)3/h5-6H,4,10H2,1-3H3. The normalized spacial score (nSPS) is 10.9. The first-order valence-corrected chi connectivity index (χ1v) is 5.56. The first-order valence-electron chi connectivity index (χ1n) is 4.58. The number of hydrogen-bond acceptors (Lipinski definition) is 4. The Kier molecular flexibility index (Phi) is 3.57. The number of nitrogens with zero attached hydrogens (tertiary/aromatic N) is 2. The van der Waals surface area contributed by atoms with Crippen LogP contribution in [0.25, 0.3) is 0 Å². The molecule has 78 valence electrons. The molecule has 2 N–H and O–H groups in total. The molecule has 0 aliphatic heterocycles. The molecule has 0 spiro atoms. The molecule has 0 unspecified atom stereocenters. The van der Waals surface area contributed by atoms with Crippen LogP contribution in [0, 0.1) is 0 Å². The average Bonchev–Trinajstić information content (AvgIpc) is 2.47. The molecule has 14 heavy (non-hydrogen) atoms. The van der Waals surface area contributed by atoms with Gasteiger partial charge in [0, 0.05) is 6.04 Å². The van der Waals surface area contributed by atoms with Crippen molar-refractivity contribution in [1.29, 1.82) is 0 Å². The maximum Gasteiger partial charge on any atom is 0.239 e. The summed E-state index contributed by atoms with van der Waals surface area (Å²) in [5.41, 5.74) is 6.68. The van der Waals surface area contributed by atoms with Gasteiger partial charge in [-0.25, -0.2) is 0 Å². The fraction of sp³-hybridized carbons (Fsp3) is 0.556. The van der Waals surface area contributed by atoms with Crippen LogP contribution < -0.4 is 5.73 Å². The topological polar surface area (TPSA) is 60.9 Å². The Bertz CT molecular complexity index is 333. The number of hydrogen-bond donors (Lipinski definition) is 1. The molecule has 0 aliphatic rings. The van der Waals surface area contributed by atoms with E-state index < -0.39 is 0 Å². The van der Waals surface area contributed by atoms with Gasteiger partial charge < -0.3 is 5.73 Å². The molecule has 4 nitrogen and oxygen atoms in total. The smallest absolute Gasteiger partial charge is 0.239 e. The van der Waals surface area contributed by atoms with Gasteiger partial charge in [-0.15, -0.1) is 0 Å². The van der Waals surface area contributed by atoms with Gasteiger partial charge in [0.1, 0.15) is 5.69 Å². The molecule has 0 bridgehead atoms. The first kappa shape index (κ1) is 11.1. The highest BCUT2D eigenvalue weighted by Gasteiger charge is 2.17. The van der Waals surface area contributed by atoms with Gasteiger partial charge in [0.05, 0.1) is 11.9 Å². The fourth-order valence-electron chi connectivity index (χ4n) is 1.18. The summed E-state index contributed by atoms with van der Waals surface area (Å²) in [4.78, 5) is 11.7. The molecule has 0 aliphatic carbocycles. The highest BCUT2D eigenvalue weighted by Crippen LogP contribution is 2.21. The van der Waals surface area contributed by atoms with Crippen molar-refractivity contribution in [3.63, 3.8) is 0 Å². The molecule has 0 saturated carbocycles. The molecular formula is C9H15N3OS. The lowest BCUT2D eigenvalue weighted by molar-refractivity contribution is 0.107. The van der Waals surface area contributed by atoms with E-state index in [-0.39, 0.29) is 11.2 Å². The monoisotopic (exact) mass is 213 g/mol. The molecule has 1 aromatic heterocycles. The summed E-state index contributed by atoms with van der Waals surface area (Å²) in [5.74, 6) is 0.752. The minimum atomic E-state index is -0.00352. The summed E-state index contributed by atoms with van der Waals surface area (Å²) in [6, 6.07) is 0.156. The summed E-state index contributed by atoms with van der Waals surface area (Å²) in [5, 5.41) is 4.07. The van der Waals surface area contributed by atoms with Gasteiger partial charge in [0.2, 0.25) is 5.12 Å². The van der Waals surface area contributed by atoms with E-state index in [9.17, 15) is 4.79 Å². The second kappa shape index (κ2) is 4.50. The maximum atomic E-state index is 11.7. The minimum Gasteiger partial charge on any atom is -0.396 e. The SMILES string of the molecule is CCSC(=O)c1c(N)cnn1C(C)C. The van der Waals surface area contributed by atoms with Gasteiger partial charge in [0.15, 0.2) is 0 Å². The van der Waals surface area contributed by atoms with Crippen molar-refractivity contribution in [3.8, 4) is 0 Å². The molecule has 1 heterocycles. The number of nitrogen functional groups attached to an aromatic ring is 1. The van der Waals surface area contributed by atoms with Gasteiger partial charge >= 0.3 is 0 Å². The van der Waals surface area contributed by atoms with Gasteiger partial charge in [0.25, 0.3) is 0 Å². The quantitative estimate of drug-likeness (QED) is 0.833. The number of rotatable bonds is 3. The summed E-state index contributed by atoms with van der Waals surface area (Å²) >= 11 is 1.25. The third kappa shape index (κ3) is 2.09. The highest BCUT2D eigenvalue weighted by molar-refractivity contribution is 8.14. The van der Waals surface area contributed by atoms with Crippen molar-refractivity contribution in [2.24, 2.45) is 0 Å². The van der Waals surface area contributed by atoms with E-state index in [1.165, 1.54) is 18.0 Å². The van der Waals surface area contributed by atoms with E-state index in [1.807, 2.05) is 20.8 Å². The van der Waals surface area contributed by atoms with E-state index >= 15 is 0 Å². The lowest BCUT2D eigenvalue weighted by atomic mass is 10.3. The number of aromatic nitrogens is 2. The Morgan fingerprint density at radius 1 is 1.71 bits per heavy atom. The van der Waals surface area contributed by atoms with Crippen LogP contribution in [0.15, 0.2) is 6.20 Å². The van der Waals surface area contributed by atoms with Crippen molar-refractivity contribution >= 4 is 22.6 Å². The lowest BCUT2D eigenvalue weighted by Gasteiger charge is -2.09. The molecule has 0 amide bonds. The molecule has 0 saturated heterocycles. The van der Waals surface area contributed by atoms with Crippen LogP contribution in [0.3, 0.4) is 0 Å². The molecule has 0 radical (unpaired) electrons. The lowest BCUT2D eigenvalue weighted by Crippen LogP contribution is -2.12. The zero-order valence-corrected chi connectivity index (χ0v) is 9.47. The Labute approximate surface area is 87.9 Å². The fourth-order valence-corrected chi connectivity index (χ4v) is 1.79. The number of thioether (sulfide) groups is 1. The number of carbonyl (C=O) groups is 1. The third-order valence-corrected chi connectivity index (χ3v) is 2.53. The Hall–Kier alpha value is -0.970. The van der Waals surface area contributed by atoms with E-state index in [0.717, 1.165) is 5.75 Å². The van der Waals surface area contributed by atoms with Gasteiger partial charge in [-0.2, -0.15) is 5.10 Å². The minimum absolute atomic E-state index is 0.00352. The zero-order valence-electron chi connectivity index (χ0n) is 8.65. The Morgan fingerprint density at radius 3 is 2.86 bits per heavy atom. The summed E-state index contributed by atoms with van der Waals surface area (Å²) in [6.07, 6.45) is 1.53. The van der Waals surface area contributed by atoms with Gasteiger partial charge in [-0.1, -0.05) is 18.7 Å². The van der Waals surface area contributed by atoms with Crippen LogP contribution in [0.2, 0.25) is 0 Å². The second-order valence-corrected chi connectivity index (χ2v) is 4.44. The molecule has 1 rings (SSSR count). The van der Waals surface area contributed by atoms with Crippen LogP contribution in [0.1, 0.15) is 37.3 Å². The number of anilines is 1. The third-order valence-electron chi connectivity index (χ3n) is 1.78. The summed E-state index contributed by atoms with van der Waals surface area (Å²) in [6.45, 7) is 5.88.